The fourth-order valence-electron chi connectivity index (χ4n) is 2.57. The highest BCUT2D eigenvalue weighted by Crippen LogP contribution is 2.36. The van der Waals surface area contributed by atoms with E-state index in [-0.39, 0.29) is 18.1 Å². The summed E-state index contributed by atoms with van der Waals surface area (Å²) in [5, 5.41) is 13.9. The molecule has 0 aromatic heterocycles. The maximum atomic E-state index is 12.7. The molecule has 0 atom stereocenters. The molecule has 0 aliphatic carbocycles. The van der Waals surface area contributed by atoms with Gasteiger partial charge in [0.05, 0.1) is 17.0 Å². The number of amides is 1. The summed E-state index contributed by atoms with van der Waals surface area (Å²) in [6.07, 6.45) is -4.64. The van der Waals surface area contributed by atoms with Crippen molar-refractivity contribution in [3.8, 4) is 0 Å². The maximum absolute atomic E-state index is 12.7. The van der Waals surface area contributed by atoms with E-state index in [0.29, 0.717) is 32.2 Å². The molecular formula is C14H17F3N4O3. The van der Waals surface area contributed by atoms with Crippen molar-refractivity contribution in [1.29, 1.82) is 0 Å². The number of hydrogen-bond donors (Lipinski definition) is 1. The summed E-state index contributed by atoms with van der Waals surface area (Å²) in [6.45, 7) is 1.56. The van der Waals surface area contributed by atoms with Crippen LogP contribution in [0.4, 0.5) is 24.5 Å². The number of halogens is 3. The molecule has 132 valence electrons. The molecule has 1 aliphatic rings. The Bertz CT molecular complexity index is 628. The zero-order chi connectivity index (χ0) is 17.9. The van der Waals surface area contributed by atoms with Gasteiger partial charge in [-0.1, -0.05) is 0 Å². The molecule has 1 saturated heterocycles. The van der Waals surface area contributed by atoms with Crippen LogP contribution in [-0.2, 0) is 11.0 Å². The standard InChI is InChI=1S/C14H17F3N4O3/c1-18-9-13(22)20-6-4-19(5-7-20)11-3-2-10(14(15,16)17)8-12(11)21(23)24/h2-3,8,18H,4-7,9H2,1H3. The molecule has 0 radical (unpaired) electrons. The van der Waals surface area contributed by atoms with E-state index in [1.54, 1.807) is 16.8 Å². The van der Waals surface area contributed by atoms with Crippen LogP contribution in [0.25, 0.3) is 0 Å². The summed E-state index contributed by atoms with van der Waals surface area (Å²) in [5.74, 6) is -0.0842. The second-order valence-corrected chi connectivity index (χ2v) is 5.36. The predicted molar refractivity (Wildman–Crippen MR) is 80.8 cm³/mol. The lowest BCUT2D eigenvalue weighted by Crippen LogP contribution is -2.50. The van der Waals surface area contributed by atoms with E-state index in [9.17, 15) is 28.1 Å². The minimum atomic E-state index is -4.64. The minimum Gasteiger partial charge on any atom is -0.362 e. The van der Waals surface area contributed by atoms with Crippen molar-refractivity contribution >= 4 is 17.3 Å². The van der Waals surface area contributed by atoms with Gasteiger partial charge in [-0.3, -0.25) is 14.9 Å². The lowest BCUT2D eigenvalue weighted by Gasteiger charge is -2.35. The van der Waals surface area contributed by atoms with Crippen LogP contribution < -0.4 is 10.2 Å². The molecule has 1 heterocycles. The minimum absolute atomic E-state index is 0.0842. The Morgan fingerprint density at radius 2 is 1.92 bits per heavy atom. The highest BCUT2D eigenvalue weighted by atomic mass is 19.4. The Labute approximate surface area is 136 Å². The summed E-state index contributed by atoms with van der Waals surface area (Å²) in [7, 11) is 1.65. The summed E-state index contributed by atoms with van der Waals surface area (Å²) >= 11 is 0. The van der Waals surface area contributed by atoms with Gasteiger partial charge in [0.2, 0.25) is 5.91 Å². The van der Waals surface area contributed by atoms with Crippen LogP contribution in [0.1, 0.15) is 5.56 Å². The van der Waals surface area contributed by atoms with Crippen LogP contribution in [0.15, 0.2) is 18.2 Å². The molecule has 1 amide bonds. The predicted octanol–water partition coefficient (Wildman–Crippen LogP) is 1.48. The van der Waals surface area contributed by atoms with E-state index >= 15 is 0 Å². The number of anilines is 1. The van der Waals surface area contributed by atoms with Crippen molar-refractivity contribution in [1.82, 2.24) is 10.2 Å². The van der Waals surface area contributed by atoms with Crippen LogP contribution in [-0.4, -0.2) is 55.5 Å². The molecule has 0 saturated carbocycles. The van der Waals surface area contributed by atoms with Crippen molar-refractivity contribution in [2.75, 3.05) is 44.7 Å². The first kappa shape index (κ1) is 18.0. The Morgan fingerprint density at radius 1 is 1.29 bits per heavy atom. The smallest absolute Gasteiger partial charge is 0.362 e. The zero-order valence-corrected chi connectivity index (χ0v) is 13.0. The maximum Gasteiger partial charge on any atom is 0.416 e. The number of nitro benzene ring substituents is 1. The third-order valence-electron chi connectivity index (χ3n) is 3.80. The van der Waals surface area contributed by atoms with Gasteiger partial charge in [0.1, 0.15) is 5.69 Å². The molecule has 10 heteroatoms. The molecule has 0 spiro atoms. The molecule has 7 nitrogen and oxygen atoms in total. The van der Waals surface area contributed by atoms with Crippen molar-refractivity contribution < 1.29 is 22.9 Å². The van der Waals surface area contributed by atoms with Crippen molar-refractivity contribution in [3.05, 3.63) is 33.9 Å². The number of nitrogens with zero attached hydrogens (tertiary/aromatic N) is 3. The number of piperazine rings is 1. The largest absolute Gasteiger partial charge is 0.416 e. The van der Waals surface area contributed by atoms with Crippen molar-refractivity contribution in [3.63, 3.8) is 0 Å². The molecule has 24 heavy (non-hydrogen) atoms. The highest BCUT2D eigenvalue weighted by molar-refractivity contribution is 5.78. The summed E-state index contributed by atoms with van der Waals surface area (Å²) < 4.78 is 38.2. The Hall–Kier alpha value is -2.36. The monoisotopic (exact) mass is 346 g/mol. The summed E-state index contributed by atoms with van der Waals surface area (Å²) in [5.41, 5.74) is -1.51. The molecule has 1 aromatic rings. The number of nitro groups is 1. The van der Waals surface area contributed by atoms with Crippen molar-refractivity contribution in [2.45, 2.75) is 6.18 Å². The molecule has 1 N–H and O–H groups in total. The Kier molecular flexibility index (Phi) is 5.27. The fraction of sp³-hybridized carbons (Fsp3) is 0.500. The number of alkyl halides is 3. The molecule has 2 rings (SSSR count). The highest BCUT2D eigenvalue weighted by Gasteiger charge is 2.34. The van der Waals surface area contributed by atoms with Gasteiger partial charge < -0.3 is 15.1 Å². The van der Waals surface area contributed by atoms with Gasteiger partial charge in [-0.25, -0.2) is 0 Å². The van der Waals surface area contributed by atoms with Crippen molar-refractivity contribution in [2.24, 2.45) is 0 Å². The lowest BCUT2D eigenvalue weighted by atomic mass is 10.1. The first-order chi connectivity index (χ1) is 11.2. The van der Waals surface area contributed by atoms with Gasteiger partial charge in [0.15, 0.2) is 0 Å². The number of nitrogens with one attached hydrogen (secondary N) is 1. The summed E-state index contributed by atoms with van der Waals surface area (Å²) in [4.78, 5) is 25.3. The van der Waals surface area contributed by atoms with E-state index in [0.717, 1.165) is 12.1 Å². The normalized spacial score (nSPS) is 15.5. The third-order valence-corrected chi connectivity index (χ3v) is 3.80. The van der Waals surface area contributed by atoms with Gasteiger partial charge in [0.25, 0.3) is 5.69 Å². The van der Waals surface area contributed by atoms with E-state index in [1.165, 1.54) is 0 Å². The topological polar surface area (TPSA) is 78.7 Å². The number of likely N-dealkylation sites (N-methyl/N-ethyl adjacent to an activating group) is 1. The number of carbonyl (C=O) groups is 1. The number of carbonyl (C=O) groups excluding carboxylic acids is 1. The second-order valence-electron chi connectivity index (χ2n) is 5.36. The molecular weight excluding hydrogens is 329 g/mol. The third kappa shape index (κ3) is 3.94. The SMILES string of the molecule is CNCC(=O)N1CCN(c2ccc(C(F)(F)F)cc2[N+](=O)[O-])CC1. The van der Waals surface area contributed by atoms with E-state index in [1.807, 2.05) is 0 Å². The van der Waals surface area contributed by atoms with Gasteiger partial charge in [0, 0.05) is 32.2 Å². The number of hydrogen-bond acceptors (Lipinski definition) is 5. The zero-order valence-electron chi connectivity index (χ0n) is 13.0. The Morgan fingerprint density at radius 3 is 2.42 bits per heavy atom. The number of rotatable bonds is 4. The van der Waals surface area contributed by atoms with E-state index in [2.05, 4.69) is 5.32 Å². The van der Waals surface area contributed by atoms with Gasteiger partial charge in [-0.05, 0) is 19.2 Å². The van der Waals surface area contributed by atoms with Gasteiger partial charge >= 0.3 is 6.18 Å². The van der Waals surface area contributed by atoms with Gasteiger partial charge in [-0.2, -0.15) is 13.2 Å². The molecule has 1 aliphatic heterocycles. The lowest BCUT2D eigenvalue weighted by molar-refractivity contribution is -0.384. The molecule has 1 aromatic carbocycles. The average Bonchev–Trinajstić information content (AvgIpc) is 2.53. The second kappa shape index (κ2) is 7.04. The molecule has 0 bridgehead atoms. The van der Waals surface area contributed by atoms with Crippen LogP contribution in [0.3, 0.4) is 0 Å². The first-order valence-corrected chi connectivity index (χ1v) is 7.27. The Balaban J connectivity index is 2.18. The fourth-order valence-corrected chi connectivity index (χ4v) is 2.57. The molecule has 0 unspecified atom stereocenters. The van der Waals surface area contributed by atoms with Crippen LogP contribution >= 0.6 is 0 Å². The van der Waals surface area contributed by atoms with E-state index in [4.69, 9.17) is 0 Å². The van der Waals surface area contributed by atoms with Gasteiger partial charge in [-0.15, -0.1) is 0 Å². The molecule has 1 fully saturated rings. The van der Waals surface area contributed by atoms with Crippen LogP contribution in [0, 0.1) is 10.1 Å². The average molecular weight is 346 g/mol. The first-order valence-electron chi connectivity index (χ1n) is 7.27. The van der Waals surface area contributed by atoms with Crippen LogP contribution in [0.5, 0.6) is 0 Å². The van der Waals surface area contributed by atoms with E-state index < -0.39 is 22.4 Å². The quantitative estimate of drug-likeness (QED) is 0.660. The van der Waals surface area contributed by atoms with Crippen LogP contribution in [0.2, 0.25) is 0 Å². The summed E-state index contributed by atoms with van der Waals surface area (Å²) in [6, 6.07) is 2.50. The number of benzene rings is 1.